The summed E-state index contributed by atoms with van der Waals surface area (Å²) in [6.07, 6.45) is 8.38. The van der Waals surface area contributed by atoms with Crippen molar-refractivity contribution in [3.8, 4) is 0 Å². The Labute approximate surface area is 148 Å². The first kappa shape index (κ1) is 17.4. The zero-order chi connectivity index (χ0) is 18.0. The normalized spacial score (nSPS) is 19.0. The molecule has 0 aliphatic heterocycles. The molecule has 1 aliphatic carbocycles. The molecule has 4 N–H and O–H groups in total. The number of pyridine rings is 1. The average Bonchev–Trinajstić information content (AvgIpc) is 3.10. The van der Waals surface area contributed by atoms with Crippen molar-refractivity contribution >= 4 is 17.4 Å². The average molecular weight is 342 g/mol. The number of aromatic nitrogens is 3. The van der Waals surface area contributed by atoms with Crippen molar-refractivity contribution < 1.29 is 4.79 Å². The van der Waals surface area contributed by atoms with Crippen molar-refractivity contribution in [1.82, 2.24) is 14.8 Å². The summed E-state index contributed by atoms with van der Waals surface area (Å²) in [5.74, 6) is 0.428. The molecule has 0 bridgehead atoms. The minimum atomic E-state index is -0.194. The Balaban J connectivity index is 1.78. The number of nitrogens with two attached hydrogens (primary N) is 1. The molecule has 25 heavy (non-hydrogen) atoms. The van der Waals surface area contributed by atoms with Crippen LogP contribution in [0.5, 0.6) is 0 Å². The Morgan fingerprint density at radius 2 is 2.24 bits per heavy atom. The standard InChI is InChI=1S/C18H26N6O/c1-18(2)6-4-13(8-18)22-15-11-20-7-5-14(15)17(25)23-16-12(9-19)10-21-24(16)3/h5,7,10-11,13,22H,4,6,8-9,19H2,1-3H3,(H,23,25). The van der Waals surface area contributed by atoms with Gasteiger partial charge in [0, 0.05) is 31.4 Å². The molecule has 0 saturated heterocycles. The second kappa shape index (κ2) is 6.84. The van der Waals surface area contributed by atoms with Crippen molar-refractivity contribution in [3.05, 3.63) is 35.8 Å². The smallest absolute Gasteiger partial charge is 0.259 e. The summed E-state index contributed by atoms with van der Waals surface area (Å²) in [6.45, 7) is 4.88. The third kappa shape index (κ3) is 3.82. The van der Waals surface area contributed by atoms with Gasteiger partial charge in [-0.3, -0.25) is 14.5 Å². The van der Waals surface area contributed by atoms with Crippen LogP contribution in [0.4, 0.5) is 11.5 Å². The van der Waals surface area contributed by atoms with E-state index in [1.165, 1.54) is 6.42 Å². The third-order valence-electron chi connectivity index (χ3n) is 4.86. The van der Waals surface area contributed by atoms with Gasteiger partial charge in [-0.15, -0.1) is 0 Å². The van der Waals surface area contributed by atoms with Crippen LogP contribution >= 0.6 is 0 Å². The largest absolute Gasteiger partial charge is 0.380 e. The van der Waals surface area contributed by atoms with Crippen LogP contribution in [0.2, 0.25) is 0 Å². The molecule has 0 aromatic carbocycles. The van der Waals surface area contributed by atoms with E-state index >= 15 is 0 Å². The van der Waals surface area contributed by atoms with E-state index in [1.807, 2.05) is 0 Å². The van der Waals surface area contributed by atoms with E-state index in [9.17, 15) is 4.79 Å². The fourth-order valence-corrected chi connectivity index (χ4v) is 3.46. The number of carbonyl (C=O) groups is 1. The maximum absolute atomic E-state index is 12.8. The topological polar surface area (TPSA) is 97.9 Å². The van der Waals surface area contributed by atoms with Crippen LogP contribution in [0.15, 0.2) is 24.7 Å². The highest BCUT2D eigenvalue weighted by Gasteiger charge is 2.31. The lowest BCUT2D eigenvalue weighted by molar-refractivity contribution is 0.102. The molecular formula is C18H26N6O. The molecule has 0 spiro atoms. The number of amides is 1. The van der Waals surface area contributed by atoms with Gasteiger partial charge in [-0.1, -0.05) is 13.8 Å². The highest BCUT2D eigenvalue weighted by atomic mass is 16.1. The summed E-state index contributed by atoms with van der Waals surface area (Å²) in [5, 5.41) is 10.6. The number of carbonyl (C=O) groups excluding carboxylic acids is 1. The molecular weight excluding hydrogens is 316 g/mol. The Bertz CT molecular complexity index is 767. The van der Waals surface area contributed by atoms with E-state index in [4.69, 9.17) is 5.73 Å². The molecule has 2 heterocycles. The van der Waals surface area contributed by atoms with Gasteiger partial charge in [0.05, 0.1) is 23.6 Å². The quantitative estimate of drug-likeness (QED) is 0.775. The number of rotatable bonds is 5. The second-order valence-electron chi connectivity index (χ2n) is 7.47. The zero-order valence-corrected chi connectivity index (χ0v) is 15.0. The van der Waals surface area contributed by atoms with E-state index in [2.05, 4.69) is 34.6 Å². The number of aryl methyl sites for hydroxylation is 1. The summed E-state index contributed by atoms with van der Waals surface area (Å²) in [7, 11) is 1.78. The van der Waals surface area contributed by atoms with Gasteiger partial charge >= 0.3 is 0 Å². The lowest BCUT2D eigenvalue weighted by atomic mass is 9.92. The monoisotopic (exact) mass is 342 g/mol. The van der Waals surface area contributed by atoms with Crippen LogP contribution in [-0.4, -0.2) is 26.7 Å². The fraction of sp³-hybridized carbons (Fsp3) is 0.500. The van der Waals surface area contributed by atoms with Crippen molar-refractivity contribution in [3.63, 3.8) is 0 Å². The molecule has 2 aromatic heterocycles. The first-order chi connectivity index (χ1) is 11.9. The Kier molecular flexibility index (Phi) is 4.76. The molecule has 1 unspecified atom stereocenters. The van der Waals surface area contributed by atoms with Gasteiger partial charge in [0.2, 0.25) is 0 Å². The van der Waals surface area contributed by atoms with E-state index < -0.39 is 0 Å². The summed E-state index contributed by atoms with van der Waals surface area (Å²) in [6, 6.07) is 2.10. The maximum Gasteiger partial charge on any atom is 0.259 e. The Morgan fingerprint density at radius 1 is 1.44 bits per heavy atom. The van der Waals surface area contributed by atoms with Gasteiger partial charge in [-0.05, 0) is 30.7 Å². The number of hydrogen-bond donors (Lipinski definition) is 3. The fourth-order valence-electron chi connectivity index (χ4n) is 3.46. The summed E-state index contributed by atoms with van der Waals surface area (Å²) < 4.78 is 1.62. The van der Waals surface area contributed by atoms with Crippen molar-refractivity contribution in [2.75, 3.05) is 10.6 Å². The minimum Gasteiger partial charge on any atom is -0.380 e. The summed E-state index contributed by atoms with van der Waals surface area (Å²) in [5.41, 5.74) is 8.19. The van der Waals surface area contributed by atoms with Gasteiger partial charge in [0.1, 0.15) is 5.82 Å². The van der Waals surface area contributed by atoms with Gasteiger partial charge in [0.25, 0.3) is 5.91 Å². The lowest BCUT2D eigenvalue weighted by Gasteiger charge is -2.20. The lowest BCUT2D eigenvalue weighted by Crippen LogP contribution is -2.22. The van der Waals surface area contributed by atoms with Crippen molar-refractivity contribution in [1.29, 1.82) is 0 Å². The van der Waals surface area contributed by atoms with Crippen LogP contribution in [0.3, 0.4) is 0 Å². The molecule has 1 atom stereocenters. The van der Waals surface area contributed by atoms with Crippen LogP contribution in [0.1, 0.15) is 49.0 Å². The maximum atomic E-state index is 12.8. The van der Waals surface area contributed by atoms with Gasteiger partial charge in [-0.25, -0.2) is 0 Å². The van der Waals surface area contributed by atoms with Crippen molar-refractivity contribution in [2.24, 2.45) is 18.2 Å². The Morgan fingerprint density at radius 3 is 2.92 bits per heavy atom. The van der Waals surface area contributed by atoms with Crippen LogP contribution in [0.25, 0.3) is 0 Å². The number of anilines is 2. The van der Waals surface area contributed by atoms with Crippen LogP contribution in [0, 0.1) is 5.41 Å². The molecule has 1 saturated carbocycles. The molecule has 3 rings (SSSR count). The summed E-state index contributed by atoms with van der Waals surface area (Å²) >= 11 is 0. The Hall–Kier alpha value is -2.41. The van der Waals surface area contributed by atoms with Crippen LogP contribution in [-0.2, 0) is 13.6 Å². The molecule has 0 radical (unpaired) electrons. The molecule has 2 aromatic rings. The predicted molar refractivity (Wildman–Crippen MR) is 98.3 cm³/mol. The van der Waals surface area contributed by atoms with Crippen molar-refractivity contribution in [2.45, 2.75) is 45.7 Å². The predicted octanol–water partition coefficient (Wildman–Crippen LogP) is 2.52. The van der Waals surface area contributed by atoms with Gasteiger partial charge < -0.3 is 16.4 Å². The zero-order valence-electron chi connectivity index (χ0n) is 15.0. The molecule has 1 aliphatic rings. The molecule has 1 amide bonds. The SMILES string of the molecule is Cn1ncc(CN)c1NC(=O)c1ccncc1NC1CCC(C)(C)C1. The number of hydrogen-bond acceptors (Lipinski definition) is 5. The van der Waals surface area contributed by atoms with E-state index in [-0.39, 0.29) is 5.91 Å². The highest BCUT2D eigenvalue weighted by Crippen LogP contribution is 2.38. The molecule has 7 nitrogen and oxygen atoms in total. The molecule has 1 fully saturated rings. The summed E-state index contributed by atoms with van der Waals surface area (Å²) in [4.78, 5) is 17.0. The van der Waals surface area contributed by atoms with E-state index in [0.717, 1.165) is 24.1 Å². The second-order valence-corrected chi connectivity index (χ2v) is 7.47. The van der Waals surface area contributed by atoms with Crippen LogP contribution < -0.4 is 16.4 Å². The molecule has 7 heteroatoms. The molecule has 134 valence electrons. The highest BCUT2D eigenvalue weighted by molar-refractivity contribution is 6.07. The van der Waals surface area contributed by atoms with Gasteiger partial charge in [0.15, 0.2) is 0 Å². The minimum absolute atomic E-state index is 0.194. The first-order valence-corrected chi connectivity index (χ1v) is 8.62. The van der Waals surface area contributed by atoms with Gasteiger partial charge in [-0.2, -0.15) is 5.10 Å². The first-order valence-electron chi connectivity index (χ1n) is 8.62. The van der Waals surface area contributed by atoms with E-state index in [0.29, 0.717) is 29.4 Å². The number of nitrogens with zero attached hydrogens (tertiary/aromatic N) is 3. The third-order valence-corrected chi connectivity index (χ3v) is 4.86. The number of nitrogens with one attached hydrogen (secondary N) is 2. The van der Waals surface area contributed by atoms with E-state index in [1.54, 1.807) is 36.4 Å².